The van der Waals surface area contributed by atoms with Crippen LogP contribution < -0.4 is 10.4 Å². The molecule has 0 saturated carbocycles. The van der Waals surface area contributed by atoms with E-state index in [9.17, 15) is 9.18 Å². The third kappa shape index (κ3) is 3.98. The first-order valence-electron chi connectivity index (χ1n) is 10.9. The van der Waals surface area contributed by atoms with Gasteiger partial charge in [0.2, 0.25) is 0 Å². The fourth-order valence-corrected chi connectivity index (χ4v) is 5.94. The van der Waals surface area contributed by atoms with Crippen molar-refractivity contribution in [1.29, 1.82) is 0 Å². The van der Waals surface area contributed by atoms with Gasteiger partial charge in [-0.3, -0.25) is 14.5 Å². The second kappa shape index (κ2) is 9.20. The molecule has 0 atom stereocenters. The molecule has 1 aliphatic heterocycles. The summed E-state index contributed by atoms with van der Waals surface area (Å²) >= 11 is 1.58. The van der Waals surface area contributed by atoms with E-state index in [0.717, 1.165) is 42.0 Å². The minimum absolute atomic E-state index is 0. The second-order valence-electron chi connectivity index (χ2n) is 8.29. The second-order valence-corrected chi connectivity index (χ2v) is 9.37. The van der Waals surface area contributed by atoms with Crippen LogP contribution in [0.3, 0.4) is 0 Å². The molecule has 0 radical (unpaired) electrons. The number of thiophene rings is 1. The zero-order valence-corrected chi connectivity index (χ0v) is 19.3. The lowest BCUT2D eigenvalue weighted by atomic mass is 10.0. The maximum absolute atomic E-state index is 14.8. The summed E-state index contributed by atoms with van der Waals surface area (Å²) in [5.74, 6) is 0.0194. The summed E-state index contributed by atoms with van der Waals surface area (Å²) in [6, 6.07) is 10.6. The molecule has 6 rings (SSSR count). The summed E-state index contributed by atoms with van der Waals surface area (Å²) < 4.78 is 22.8. The normalized spacial score (nSPS) is 13.7. The third-order valence-corrected chi connectivity index (χ3v) is 7.49. The molecular formula is C25H25FN6O2S. The van der Waals surface area contributed by atoms with Crippen LogP contribution in [0.2, 0.25) is 0 Å². The predicted octanol–water partition coefficient (Wildman–Crippen LogP) is 3.89. The molecule has 0 amide bonds. The molecule has 0 unspecified atom stereocenters. The molecule has 0 bridgehead atoms. The maximum Gasteiger partial charge on any atom is 0.352 e. The van der Waals surface area contributed by atoms with Crippen LogP contribution in [-0.4, -0.2) is 42.7 Å². The smallest absolute Gasteiger partial charge is 0.352 e. The van der Waals surface area contributed by atoms with Crippen LogP contribution in [-0.2, 0) is 26.1 Å². The van der Waals surface area contributed by atoms with Crippen LogP contribution in [0.4, 0.5) is 4.39 Å². The van der Waals surface area contributed by atoms with E-state index in [1.165, 1.54) is 34.5 Å². The zero-order chi connectivity index (χ0) is 23.2. The minimum Gasteiger partial charge on any atom is -0.497 e. The number of ether oxygens (including phenoxy) is 1. The van der Waals surface area contributed by atoms with Crippen molar-refractivity contribution in [2.45, 2.75) is 33.5 Å². The minimum atomic E-state index is -0.416. The SMILES string of the molecule is C.COc1ccc(Cn2c(=O)n3ncnc3c3c4c(sc32)CN(Cc2ccccn2)CC4)c(F)c1. The van der Waals surface area contributed by atoms with Crippen LogP contribution in [0, 0.1) is 5.82 Å². The number of benzene rings is 1. The molecule has 10 heteroatoms. The summed E-state index contributed by atoms with van der Waals surface area (Å²) in [5, 5.41) is 5.10. The standard InChI is InChI=1S/C24H21FN6O2S.CH4/c1-33-17-6-5-15(19(25)10-17)11-30-23-21(22-27-14-28-31(22)24(30)32)18-7-9-29(13-20(18)34-23)12-16-4-2-3-8-26-16;/h2-6,8,10,14H,7,9,11-13H2,1H3;1H4. The van der Waals surface area contributed by atoms with Gasteiger partial charge in [0.15, 0.2) is 5.65 Å². The Hall–Kier alpha value is -3.63. The highest BCUT2D eigenvalue weighted by molar-refractivity contribution is 7.19. The van der Waals surface area contributed by atoms with Gasteiger partial charge in [-0.15, -0.1) is 11.3 Å². The van der Waals surface area contributed by atoms with E-state index < -0.39 is 5.82 Å². The van der Waals surface area contributed by atoms with E-state index in [2.05, 4.69) is 20.0 Å². The fourth-order valence-electron chi connectivity index (χ4n) is 4.56. The average Bonchev–Trinajstić information content (AvgIpc) is 3.48. The Kier molecular flexibility index (Phi) is 6.08. The van der Waals surface area contributed by atoms with Crippen LogP contribution in [0.15, 0.2) is 53.7 Å². The Morgan fingerprint density at radius 2 is 2.06 bits per heavy atom. The molecular weight excluding hydrogens is 467 g/mol. The van der Waals surface area contributed by atoms with Gasteiger partial charge in [0, 0.05) is 42.3 Å². The number of nitrogens with zero attached hydrogens (tertiary/aromatic N) is 6. The number of aromatic nitrogens is 5. The van der Waals surface area contributed by atoms with Crippen molar-refractivity contribution in [3.63, 3.8) is 0 Å². The van der Waals surface area contributed by atoms with Crippen molar-refractivity contribution in [3.8, 4) is 5.75 Å². The molecule has 0 saturated heterocycles. The van der Waals surface area contributed by atoms with E-state index in [-0.39, 0.29) is 19.7 Å². The van der Waals surface area contributed by atoms with Gasteiger partial charge in [0.05, 0.1) is 24.7 Å². The Labute approximate surface area is 205 Å². The molecule has 180 valence electrons. The number of rotatable bonds is 5. The molecule has 0 aliphatic carbocycles. The Balaban J connectivity index is 0.00000253. The van der Waals surface area contributed by atoms with E-state index in [4.69, 9.17) is 4.74 Å². The van der Waals surface area contributed by atoms with Gasteiger partial charge in [-0.1, -0.05) is 19.6 Å². The van der Waals surface area contributed by atoms with E-state index in [1.54, 1.807) is 28.0 Å². The number of halogens is 1. The Bertz CT molecular complexity index is 1580. The molecule has 5 heterocycles. The quantitative estimate of drug-likeness (QED) is 0.371. The van der Waals surface area contributed by atoms with Crippen LogP contribution in [0.1, 0.15) is 29.1 Å². The molecule has 35 heavy (non-hydrogen) atoms. The van der Waals surface area contributed by atoms with Crippen molar-refractivity contribution >= 4 is 27.2 Å². The number of fused-ring (bicyclic) bond motifs is 5. The lowest BCUT2D eigenvalue weighted by Crippen LogP contribution is -2.30. The van der Waals surface area contributed by atoms with E-state index in [0.29, 0.717) is 17.0 Å². The number of methoxy groups -OCH3 is 1. The largest absolute Gasteiger partial charge is 0.497 e. The number of pyridine rings is 1. The highest BCUT2D eigenvalue weighted by atomic mass is 32.1. The van der Waals surface area contributed by atoms with Gasteiger partial charge in [-0.2, -0.15) is 9.61 Å². The molecule has 1 aromatic carbocycles. The van der Waals surface area contributed by atoms with E-state index >= 15 is 0 Å². The first-order chi connectivity index (χ1) is 16.6. The zero-order valence-electron chi connectivity index (χ0n) is 18.4. The topological polar surface area (TPSA) is 77.5 Å². The highest BCUT2D eigenvalue weighted by Gasteiger charge is 2.26. The summed E-state index contributed by atoms with van der Waals surface area (Å²) in [4.78, 5) is 26.5. The van der Waals surface area contributed by atoms with Crippen molar-refractivity contribution < 1.29 is 9.13 Å². The average molecular weight is 493 g/mol. The third-order valence-electron chi connectivity index (χ3n) is 6.25. The molecule has 4 aromatic heterocycles. The van der Waals surface area contributed by atoms with Gasteiger partial charge in [0.25, 0.3) is 0 Å². The Morgan fingerprint density at radius 3 is 2.83 bits per heavy atom. The fraction of sp³-hybridized carbons (Fsp3) is 0.280. The highest BCUT2D eigenvalue weighted by Crippen LogP contribution is 2.37. The van der Waals surface area contributed by atoms with Gasteiger partial charge < -0.3 is 4.74 Å². The Morgan fingerprint density at radius 1 is 1.17 bits per heavy atom. The predicted molar refractivity (Wildman–Crippen MR) is 133 cm³/mol. The number of hydrogen-bond donors (Lipinski definition) is 0. The van der Waals surface area contributed by atoms with Crippen LogP contribution >= 0.6 is 11.3 Å². The summed E-state index contributed by atoms with van der Waals surface area (Å²) in [7, 11) is 1.49. The lowest BCUT2D eigenvalue weighted by Gasteiger charge is -2.26. The molecule has 0 spiro atoms. The first kappa shape index (κ1) is 23.1. The van der Waals surface area contributed by atoms with Gasteiger partial charge >= 0.3 is 5.69 Å². The lowest BCUT2D eigenvalue weighted by molar-refractivity contribution is 0.246. The van der Waals surface area contributed by atoms with Crippen molar-refractivity contribution in [3.05, 3.63) is 86.9 Å². The molecule has 1 aliphatic rings. The molecule has 5 aromatic rings. The van der Waals surface area contributed by atoms with Crippen LogP contribution in [0.5, 0.6) is 5.75 Å². The first-order valence-corrected chi connectivity index (χ1v) is 11.8. The summed E-state index contributed by atoms with van der Waals surface area (Å²) in [5.41, 5.74) is 2.85. The molecule has 0 fully saturated rings. The molecule has 8 nitrogen and oxygen atoms in total. The van der Waals surface area contributed by atoms with Gasteiger partial charge in [-0.25, -0.2) is 14.2 Å². The van der Waals surface area contributed by atoms with Gasteiger partial charge in [-0.05, 0) is 30.2 Å². The number of hydrogen-bond acceptors (Lipinski definition) is 7. The van der Waals surface area contributed by atoms with Crippen LogP contribution in [0.25, 0.3) is 15.9 Å². The summed E-state index contributed by atoms with van der Waals surface area (Å²) in [6.07, 6.45) is 4.04. The monoisotopic (exact) mass is 492 g/mol. The maximum atomic E-state index is 14.8. The molecule has 0 N–H and O–H groups in total. The van der Waals surface area contributed by atoms with E-state index in [1.807, 2.05) is 24.4 Å². The van der Waals surface area contributed by atoms with Crippen molar-refractivity contribution in [2.75, 3.05) is 13.7 Å². The van der Waals surface area contributed by atoms with Gasteiger partial charge in [0.1, 0.15) is 22.7 Å². The van der Waals surface area contributed by atoms with Crippen molar-refractivity contribution in [1.82, 2.24) is 29.0 Å². The van der Waals surface area contributed by atoms with Crippen molar-refractivity contribution in [2.24, 2.45) is 0 Å². The summed E-state index contributed by atoms with van der Waals surface area (Å²) in [6.45, 7) is 2.50.